The monoisotopic (exact) mass is 228 g/mol. The lowest BCUT2D eigenvalue weighted by atomic mass is 9.89. The van der Waals surface area contributed by atoms with Crippen molar-refractivity contribution in [3.63, 3.8) is 0 Å². The molecule has 0 aromatic carbocycles. The van der Waals surface area contributed by atoms with Gasteiger partial charge in [0.05, 0.1) is 0 Å². The van der Waals surface area contributed by atoms with Gasteiger partial charge in [-0.2, -0.15) is 0 Å². The lowest BCUT2D eigenvalue weighted by molar-refractivity contribution is -0.231. The fraction of sp³-hybridized carbons (Fsp3) is 0.769. The molecule has 0 amide bonds. The molecule has 0 radical (unpaired) electrons. The molecule has 2 atom stereocenters. The third-order valence-corrected chi connectivity index (χ3v) is 2.89. The third kappa shape index (κ3) is 3.97. The molecule has 0 rings (SSSR count). The van der Waals surface area contributed by atoms with Gasteiger partial charge in [-0.15, -0.1) is 0 Å². The molecule has 0 saturated carbocycles. The predicted molar refractivity (Wildman–Crippen MR) is 64.8 cm³/mol. The predicted octanol–water partition coefficient (Wildman–Crippen LogP) is 3.03. The van der Waals surface area contributed by atoms with Crippen LogP contribution < -0.4 is 0 Å². The van der Waals surface area contributed by atoms with Gasteiger partial charge in [-0.3, -0.25) is 0 Å². The van der Waals surface area contributed by atoms with E-state index in [-0.39, 0.29) is 5.92 Å². The average Bonchev–Trinajstić information content (AvgIpc) is 2.25. The van der Waals surface area contributed by atoms with Crippen molar-refractivity contribution in [2.45, 2.75) is 59.2 Å². The normalized spacial score (nSPS) is 16.3. The van der Waals surface area contributed by atoms with Gasteiger partial charge in [0.25, 0.3) is 0 Å². The quantitative estimate of drug-likeness (QED) is 0.414. The van der Waals surface area contributed by atoms with Crippen LogP contribution in [0.5, 0.6) is 0 Å². The fourth-order valence-corrected chi connectivity index (χ4v) is 1.79. The molecule has 0 aromatic rings. The molecule has 94 valence electrons. The summed E-state index contributed by atoms with van der Waals surface area (Å²) in [5.74, 6) is -1.87. The topological polar surface area (TPSA) is 46.5 Å². The van der Waals surface area contributed by atoms with Crippen molar-refractivity contribution in [3.8, 4) is 0 Å². The third-order valence-electron chi connectivity index (χ3n) is 2.89. The molecule has 0 aromatic heterocycles. The molecule has 0 aliphatic heterocycles. The Bertz CT molecular complexity index is 248. The number of carbonyl (C=O) groups is 1. The largest absolute Gasteiger partial charge is 0.430 e. The molecule has 3 nitrogen and oxygen atoms in total. The number of esters is 1. The highest BCUT2D eigenvalue weighted by atomic mass is 16.7. The van der Waals surface area contributed by atoms with Gasteiger partial charge in [-0.25, -0.2) is 4.79 Å². The van der Waals surface area contributed by atoms with Gasteiger partial charge in [0, 0.05) is 17.9 Å². The van der Waals surface area contributed by atoms with Crippen LogP contribution in [-0.2, 0) is 9.53 Å². The van der Waals surface area contributed by atoms with Gasteiger partial charge < -0.3 is 9.84 Å². The van der Waals surface area contributed by atoms with Crippen molar-refractivity contribution in [3.05, 3.63) is 12.2 Å². The molecular weight excluding hydrogens is 204 g/mol. The minimum absolute atomic E-state index is 0.00852. The number of hydrogen-bond acceptors (Lipinski definition) is 3. The Morgan fingerprint density at radius 1 is 1.44 bits per heavy atom. The molecule has 0 bridgehead atoms. The van der Waals surface area contributed by atoms with E-state index in [0.29, 0.717) is 12.0 Å². The molecule has 0 heterocycles. The van der Waals surface area contributed by atoms with Crippen LogP contribution in [-0.4, -0.2) is 16.9 Å². The summed E-state index contributed by atoms with van der Waals surface area (Å²) in [5.41, 5.74) is 0.318. The van der Waals surface area contributed by atoms with Crippen molar-refractivity contribution in [1.82, 2.24) is 0 Å². The number of ether oxygens (including phenoxy) is 1. The van der Waals surface area contributed by atoms with E-state index in [4.69, 9.17) is 4.74 Å². The maximum absolute atomic E-state index is 11.5. The van der Waals surface area contributed by atoms with Crippen LogP contribution in [0, 0.1) is 5.92 Å². The highest BCUT2D eigenvalue weighted by molar-refractivity contribution is 5.87. The summed E-state index contributed by atoms with van der Waals surface area (Å²) in [6.45, 7) is 11.0. The van der Waals surface area contributed by atoms with Crippen molar-refractivity contribution in [2.24, 2.45) is 5.92 Å². The molecule has 3 heteroatoms. The Hall–Kier alpha value is -0.830. The van der Waals surface area contributed by atoms with Gasteiger partial charge in [0.15, 0.2) is 0 Å². The first kappa shape index (κ1) is 15.2. The van der Waals surface area contributed by atoms with E-state index >= 15 is 0 Å². The van der Waals surface area contributed by atoms with E-state index in [1.165, 1.54) is 0 Å². The molecule has 0 fully saturated rings. The summed E-state index contributed by atoms with van der Waals surface area (Å²) in [5, 5.41) is 10.3. The van der Waals surface area contributed by atoms with Crippen molar-refractivity contribution in [1.29, 1.82) is 0 Å². The second-order valence-corrected chi connectivity index (χ2v) is 4.26. The zero-order valence-electron chi connectivity index (χ0n) is 10.9. The second-order valence-electron chi connectivity index (χ2n) is 4.26. The maximum Gasteiger partial charge on any atom is 0.335 e. The summed E-state index contributed by atoms with van der Waals surface area (Å²) in [4.78, 5) is 11.5. The van der Waals surface area contributed by atoms with Crippen LogP contribution in [0.3, 0.4) is 0 Å². The molecule has 1 N–H and O–H groups in total. The first-order chi connectivity index (χ1) is 7.41. The van der Waals surface area contributed by atoms with Gasteiger partial charge in [0.1, 0.15) is 0 Å². The summed E-state index contributed by atoms with van der Waals surface area (Å²) < 4.78 is 5.17. The minimum Gasteiger partial charge on any atom is -0.430 e. The van der Waals surface area contributed by atoms with Crippen LogP contribution in [0.25, 0.3) is 0 Å². The molecule has 2 unspecified atom stereocenters. The van der Waals surface area contributed by atoms with Crippen molar-refractivity contribution >= 4 is 5.97 Å². The highest BCUT2D eigenvalue weighted by Gasteiger charge is 2.37. The summed E-state index contributed by atoms with van der Waals surface area (Å²) in [7, 11) is 0. The Balaban J connectivity index is 4.73. The fourth-order valence-electron chi connectivity index (χ4n) is 1.79. The summed E-state index contributed by atoms with van der Waals surface area (Å²) >= 11 is 0. The second kappa shape index (κ2) is 6.69. The number of aliphatic hydroxyl groups is 1. The van der Waals surface area contributed by atoms with Crippen molar-refractivity contribution < 1.29 is 14.6 Å². The smallest absolute Gasteiger partial charge is 0.335 e. The van der Waals surface area contributed by atoms with Gasteiger partial charge in [-0.05, 0) is 19.8 Å². The lowest BCUT2D eigenvalue weighted by Gasteiger charge is -2.34. The first-order valence-electron chi connectivity index (χ1n) is 6.02. The molecule has 16 heavy (non-hydrogen) atoms. The molecule has 0 aliphatic rings. The molecular formula is C13H24O3. The van der Waals surface area contributed by atoms with Gasteiger partial charge in [0.2, 0.25) is 5.79 Å². The molecule has 0 saturated heterocycles. The van der Waals surface area contributed by atoms with Crippen molar-refractivity contribution in [2.75, 3.05) is 0 Å². The molecule has 0 aliphatic carbocycles. The summed E-state index contributed by atoms with van der Waals surface area (Å²) in [6, 6.07) is 0. The Morgan fingerprint density at radius 2 is 2.00 bits per heavy atom. The standard InChI is InChI=1S/C13H24O3/c1-6-9-11(7-2)13(15,8-3)16-12(14)10(4)5/h11,15H,4,6-9H2,1-3,5H3. The van der Waals surface area contributed by atoms with Crippen LogP contribution in [0.1, 0.15) is 53.4 Å². The Labute approximate surface area is 98.5 Å². The van der Waals surface area contributed by atoms with E-state index in [2.05, 4.69) is 13.5 Å². The van der Waals surface area contributed by atoms with Gasteiger partial charge in [-0.1, -0.05) is 33.8 Å². The number of rotatable bonds is 7. The van der Waals surface area contributed by atoms with E-state index in [1.54, 1.807) is 6.92 Å². The van der Waals surface area contributed by atoms with E-state index < -0.39 is 11.8 Å². The van der Waals surface area contributed by atoms with E-state index in [0.717, 1.165) is 19.3 Å². The zero-order valence-corrected chi connectivity index (χ0v) is 10.9. The number of hydrogen-bond donors (Lipinski definition) is 1. The van der Waals surface area contributed by atoms with Crippen LogP contribution in [0.15, 0.2) is 12.2 Å². The average molecular weight is 228 g/mol. The van der Waals surface area contributed by atoms with Crippen LogP contribution in [0.4, 0.5) is 0 Å². The Morgan fingerprint density at radius 3 is 2.31 bits per heavy atom. The Kier molecular flexibility index (Phi) is 6.34. The van der Waals surface area contributed by atoms with Gasteiger partial charge >= 0.3 is 5.97 Å². The molecule has 0 spiro atoms. The zero-order chi connectivity index (χ0) is 12.8. The van der Waals surface area contributed by atoms with Crippen LogP contribution >= 0.6 is 0 Å². The SMILES string of the molecule is C=C(C)C(=O)OC(O)(CC)C(CC)CCC. The van der Waals surface area contributed by atoms with E-state index in [9.17, 15) is 9.90 Å². The summed E-state index contributed by atoms with van der Waals surface area (Å²) in [6.07, 6.45) is 3.02. The lowest BCUT2D eigenvalue weighted by Crippen LogP contribution is -2.42. The van der Waals surface area contributed by atoms with E-state index in [1.807, 2.05) is 13.8 Å². The first-order valence-corrected chi connectivity index (χ1v) is 6.02. The number of carbonyl (C=O) groups excluding carboxylic acids is 1. The minimum atomic E-state index is -1.35. The highest BCUT2D eigenvalue weighted by Crippen LogP contribution is 2.30. The van der Waals surface area contributed by atoms with Crippen LogP contribution in [0.2, 0.25) is 0 Å². The maximum atomic E-state index is 11.5.